The molecule has 4 N–H and O–H groups in total. The van der Waals surface area contributed by atoms with Crippen molar-refractivity contribution in [3.05, 3.63) is 11.6 Å². The molecule has 0 aliphatic heterocycles. The molecular formula is C21H41N3O4. The topological polar surface area (TPSA) is 113 Å². The van der Waals surface area contributed by atoms with Crippen molar-refractivity contribution in [2.75, 3.05) is 13.6 Å². The Bertz CT molecular complexity index is 535. The monoisotopic (exact) mass is 399 g/mol. The second-order valence-electron chi connectivity index (χ2n) is 8.17. The third-order valence-electron chi connectivity index (χ3n) is 4.40. The molecule has 0 unspecified atom stereocenters. The van der Waals surface area contributed by atoms with Crippen LogP contribution in [0.25, 0.3) is 0 Å². The van der Waals surface area contributed by atoms with Gasteiger partial charge in [-0.15, -0.1) is 0 Å². The number of carbonyl (C=O) groups excluding carboxylic acids is 2. The molecule has 0 bridgehead atoms. The Morgan fingerprint density at radius 3 is 1.86 bits per heavy atom. The highest BCUT2D eigenvalue weighted by Crippen LogP contribution is 2.14. The maximum absolute atomic E-state index is 12.3. The molecule has 164 valence electrons. The van der Waals surface area contributed by atoms with E-state index in [1.54, 1.807) is 13.1 Å². The fourth-order valence-corrected chi connectivity index (χ4v) is 2.27. The zero-order valence-corrected chi connectivity index (χ0v) is 19.1. The van der Waals surface area contributed by atoms with Crippen LogP contribution in [0.2, 0.25) is 0 Å². The first-order valence-electron chi connectivity index (χ1n) is 9.97. The summed E-state index contributed by atoms with van der Waals surface area (Å²) in [6.07, 6.45) is 2.51. The second-order valence-corrected chi connectivity index (χ2v) is 8.17. The van der Waals surface area contributed by atoms with E-state index in [-0.39, 0.29) is 35.9 Å². The predicted octanol–water partition coefficient (Wildman–Crippen LogP) is 2.80. The van der Waals surface area contributed by atoms with E-state index in [0.29, 0.717) is 12.8 Å². The number of hydrogen-bond acceptors (Lipinski definition) is 4. The van der Waals surface area contributed by atoms with Gasteiger partial charge in [0.05, 0.1) is 18.1 Å². The summed E-state index contributed by atoms with van der Waals surface area (Å²) in [7, 11) is 1.60. The third kappa shape index (κ3) is 10.4. The van der Waals surface area contributed by atoms with Gasteiger partial charge < -0.3 is 21.1 Å². The molecule has 0 radical (unpaired) electrons. The van der Waals surface area contributed by atoms with E-state index in [2.05, 4.69) is 26.1 Å². The third-order valence-corrected chi connectivity index (χ3v) is 4.40. The van der Waals surface area contributed by atoms with Gasteiger partial charge in [-0.3, -0.25) is 9.59 Å². The van der Waals surface area contributed by atoms with Crippen molar-refractivity contribution in [1.29, 1.82) is 0 Å². The minimum Gasteiger partial charge on any atom is -0.478 e. The molecule has 0 saturated carbocycles. The largest absolute Gasteiger partial charge is 0.478 e. The summed E-state index contributed by atoms with van der Waals surface area (Å²) in [6.45, 7) is 15.3. The van der Waals surface area contributed by atoms with Crippen molar-refractivity contribution in [3.8, 4) is 0 Å². The quantitative estimate of drug-likeness (QED) is 0.516. The molecule has 0 heterocycles. The Labute approximate surface area is 170 Å². The highest BCUT2D eigenvalue weighted by Gasteiger charge is 2.30. The van der Waals surface area contributed by atoms with Gasteiger partial charge in [-0.1, -0.05) is 54.5 Å². The number of aliphatic carboxylic acids is 1. The van der Waals surface area contributed by atoms with Gasteiger partial charge in [-0.2, -0.15) is 0 Å². The number of carbonyl (C=O) groups is 3. The van der Waals surface area contributed by atoms with Crippen molar-refractivity contribution < 1.29 is 19.5 Å². The van der Waals surface area contributed by atoms with Crippen LogP contribution < -0.4 is 11.1 Å². The zero-order chi connectivity index (χ0) is 22.7. The molecule has 2 amide bonds. The number of carboxylic acids is 1. The number of hydrogen-bond donors (Lipinski definition) is 3. The van der Waals surface area contributed by atoms with Crippen LogP contribution in [0.15, 0.2) is 11.6 Å². The molecule has 0 aromatic rings. The fourth-order valence-electron chi connectivity index (χ4n) is 2.27. The van der Waals surface area contributed by atoms with Gasteiger partial charge in [0, 0.05) is 12.6 Å². The van der Waals surface area contributed by atoms with E-state index in [1.807, 2.05) is 27.7 Å². The standard InChI is InChI=1S/C17H31N3O4.C4H10/c1-7-17(18,8-2)16(24)19-10-14(21)20(6)13(11(3)4)9-12(5)15(22)23;1-4(2)3/h9,11,13H,7-8,10,18H2,1-6H3,(H,19,24)(H,22,23);4H,1-3H3/b12-9+;/t13-;/m1./s1. The van der Waals surface area contributed by atoms with E-state index in [4.69, 9.17) is 10.8 Å². The minimum atomic E-state index is -1.02. The van der Waals surface area contributed by atoms with E-state index >= 15 is 0 Å². The highest BCUT2D eigenvalue weighted by atomic mass is 16.4. The molecule has 0 aliphatic carbocycles. The van der Waals surface area contributed by atoms with Crippen LogP contribution in [0.3, 0.4) is 0 Å². The Morgan fingerprint density at radius 2 is 1.54 bits per heavy atom. The molecule has 0 spiro atoms. The van der Waals surface area contributed by atoms with E-state index in [0.717, 1.165) is 5.92 Å². The molecule has 0 aromatic carbocycles. The van der Waals surface area contributed by atoms with Crippen LogP contribution in [0.5, 0.6) is 0 Å². The van der Waals surface area contributed by atoms with Gasteiger partial charge in [0.25, 0.3) is 0 Å². The SMILES string of the molecule is CC(C)C.CCC(N)(CC)C(=O)NCC(=O)N(C)[C@H](/C=C(\C)C(=O)O)C(C)C. The molecule has 0 saturated heterocycles. The summed E-state index contributed by atoms with van der Waals surface area (Å²) in [6, 6.07) is -0.370. The molecule has 7 heteroatoms. The summed E-state index contributed by atoms with van der Waals surface area (Å²) in [5.74, 6) is -0.809. The summed E-state index contributed by atoms with van der Waals surface area (Å²) < 4.78 is 0. The lowest BCUT2D eigenvalue weighted by Crippen LogP contribution is -2.55. The molecule has 7 nitrogen and oxygen atoms in total. The van der Waals surface area contributed by atoms with Crippen LogP contribution in [-0.2, 0) is 14.4 Å². The Kier molecular flexibility index (Phi) is 13.5. The Hall–Kier alpha value is -1.89. The highest BCUT2D eigenvalue weighted by molar-refractivity contribution is 5.90. The summed E-state index contributed by atoms with van der Waals surface area (Å²) in [5.41, 5.74) is 5.20. The smallest absolute Gasteiger partial charge is 0.331 e. The lowest BCUT2D eigenvalue weighted by molar-refractivity contribution is -0.135. The van der Waals surface area contributed by atoms with Crippen molar-refractivity contribution in [2.24, 2.45) is 17.6 Å². The van der Waals surface area contributed by atoms with Gasteiger partial charge in [0.15, 0.2) is 0 Å². The summed E-state index contributed by atoms with van der Waals surface area (Å²) in [5, 5.41) is 11.6. The number of rotatable bonds is 9. The lowest BCUT2D eigenvalue weighted by Gasteiger charge is -2.30. The molecule has 0 rings (SSSR count). The van der Waals surface area contributed by atoms with Gasteiger partial charge in [0.1, 0.15) is 0 Å². The summed E-state index contributed by atoms with van der Waals surface area (Å²) in [4.78, 5) is 36.9. The number of nitrogens with zero attached hydrogens (tertiary/aromatic N) is 1. The molecule has 0 fully saturated rings. The van der Waals surface area contributed by atoms with Gasteiger partial charge in [-0.05, 0) is 31.6 Å². The van der Waals surface area contributed by atoms with E-state index in [9.17, 15) is 14.4 Å². The van der Waals surface area contributed by atoms with Crippen LogP contribution in [0, 0.1) is 11.8 Å². The average molecular weight is 400 g/mol. The van der Waals surface area contributed by atoms with Crippen LogP contribution >= 0.6 is 0 Å². The van der Waals surface area contributed by atoms with Gasteiger partial charge in [0.2, 0.25) is 11.8 Å². The number of carboxylic acid groups (broad SMARTS) is 1. The van der Waals surface area contributed by atoms with Crippen molar-refractivity contribution in [1.82, 2.24) is 10.2 Å². The van der Waals surface area contributed by atoms with Gasteiger partial charge in [-0.25, -0.2) is 4.79 Å². The normalized spacial score (nSPS) is 12.9. The maximum atomic E-state index is 12.3. The second kappa shape index (κ2) is 13.3. The number of nitrogens with two attached hydrogens (primary N) is 1. The minimum absolute atomic E-state index is 0.0313. The van der Waals surface area contributed by atoms with E-state index in [1.165, 1.54) is 11.8 Å². The van der Waals surface area contributed by atoms with Crippen LogP contribution in [0.4, 0.5) is 0 Å². The van der Waals surface area contributed by atoms with Crippen LogP contribution in [-0.4, -0.2) is 53.0 Å². The first kappa shape index (κ1) is 28.3. The van der Waals surface area contributed by atoms with Crippen molar-refractivity contribution in [3.63, 3.8) is 0 Å². The first-order valence-corrected chi connectivity index (χ1v) is 9.97. The molecule has 0 aromatic heterocycles. The average Bonchev–Trinajstić information content (AvgIpc) is 2.61. The molecule has 0 aliphatic rings. The molecular weight excluding hydrogens is 358 g/mol. The first-order chi connectivity index (χ1) is 12.7. The zero-order valence-electron chi connectivity index (χ0n) is 19.1. The molecule has 1 atom stereocenters. The Balaban J connectivity index is 0. The number of nitrogens with one attached hydrogen (secondary N) is 1. The fraction of sp³-hybridized carbons (Fsp3) is 0.762. The van der Waals surface area contributed by atoms with Crippen molar-refractivity contribution >= 4 is 17.8 Å². The van der Waals surface area contributed by atoms with Gasteiger partial charge >= 0.3 is 5.97 Å². The summed E-state index contributed by atoms with van der Waals surface area (Å²) >= 11 is 0. The maximum Gasteiger partial charge on any atom is 0.331 e. The predicted molar refractivity (Wildman–Crippen MR) is 114 cm³/mol. The van der Waals surface area contributed by atoms with Crippen LogP contribution in [0.1, 0.15) is 68.2 Å². The van der Waals surface area contributed by atoms with E-state index < -0.39 is 11.5 Å². The number of likely N-dealkylation sites (N-methyl/N-ethyl adjacent to an activating group) is 1. The molecule has 28 heavy (non-hydrogen) atoms. The number of amides is 2. The lowest BCUT2D eigenvalue weighted by atomic mass is 9.93. The Morgan fingerprint density at radius 1 is 1.11 bits per heavy atom. The van der Waals surface area contributed by atoms with Crippen molar-refractivity contribution in [2.45, 2.75) is 79.8 Å².